The number of anilines is 1. The molecule has 1 atom stereocenters. The molecule has 0 bridgehead atoms. The van der Waals surface area contributed by atoms with Gasteiger partial charge in [-0.15, -0.1) is 0 Å². The third-order valence-corrected chi connectivity index (χ3v) is 10.3. The van der Waals surface area contributed by atoms with E-state index in [1.165, 1.54) is 23.1 Å². The first-order chi connectivity index (χ1) is 20.0. The van der Waals surface area contributed by atoms with Crippen LogP contribution in [-0.4, -0.2) is 43.8 Å². The normalized spacial score (nSPS) is 14.7. The van der Waals surface area contributed by atoms with Crippen LogP contribution in [0.15, 0.2) is 71.6 Å². The molecule has 1 unspecified atom stereocenters. The van der Waals surface area contributed by atoms with E-state index in [1.54, 1.807) is 55.5 Å². The molecule has 0 radical (unpaired) electrons. The molecule has 3 aromatic carbocycles. The van der Waals surface area contributed by atoms with E-state index in [4.69, 9.17) is 34.8 Å². The number of benzene rings is 3. The lowest BCUT2D eigenvalue weighted by atomic mass is 9.95. The number of hydrogen-bond donors (Lipinski definition) is 1. The van der Waals surface area contributed by atoms with E-state index in [2.05, 4.69) is 5.32 Å². The summed E-state index contributed by atoms with van der Waals surface area (Å²) in [6, 6.07) is 16.8. The van der Waals surface area contributed by atoms with Gasteiger partial charge >= 0.3 is 0 Å². The second-order valence-corrected chi connectivity index (χ2v) is 13.6. The SMILES string of the molecule is Cc1ccc(S(=O)(=O)N(CC(=O)N(Cc2c(Cl)cccc2Cl)C(C)C(=O)NC2CCCCC2)c2ccccc2Cl)cc1. The van der Waals surface area contributed by atoms with Gasteiger partial charge in [0.2, 0.25) is 11.8 Å². The highest BCUT2D eigenvalue weighted by Crippen LogP contribution is 2.32. The number of aryl methyl sites for hydroxylation is 1. The number of nitrogens with one attached hydrogen (secondary N) is 1. The summed E-state index contributed by atoms with van der Waals surface area (Å²) < 4.78 is 28.9. The fourth-order valence-electron chi connectivity index (χ4n) is 5.01. The maximum absolute atomic E-state index is 14.1. The molecule has 0 aliphatic heterocycles. The second-order valence-electron chi connectivity index (χ2n) is 10.5. The number of amides is 2. The summed E-state index contributed by atoms with van der Waals surface area (Å²) in [6.45, 7) is 2.76. The minimum atomic E-state index is -4.23. The lowest BCUT2D eigenvalue weighted by molar-refractivity contribution is -0.139. The van der Waals surface area contributed by atoms with Crippen molar-refractivity contribution in [2.45, 2.75) is 69.5 Å². The molecular formula is C31H34Cl3N3O4S. The van der Waals surface area contributed by atoms with Crippen LogP contribution in [0.5, 0.6) is 0 Å². The molecule has 0 heterocycles. The van der Waals surface area contributed by atoms with Crippen LogP contribution in [0.4, 0.5) is 5.69 Å². The highest BCUT2D eigenvalue weighted by Gasteiger charge is 2.34. The second kappa shape index (κ2) is 14.1. The van der Waals surface area contributed by atoms with Gasteiger partial charge in [-0.05, 0) is 63.1 Å². The van der Waals surface area contributed by atoms with Crippen LogP contribution >= 0.6 is 34.8 Å². The molecule has 1 aliphatic rings. The predicted octanol–water partition coefficient (Wildman–Crippen LogP) is 7.02. The Kier molecular flexibility index (Phi) is 10.8. The lowest BCUT2D eigenvalue weighted by Gasteiger charge is -2.33. The van der Waals surface area contributed by atoms with Crippen LogP contribution < -0.4 is 9.62 Å². The number of carbonyl (C=O) groups is 2. The minimum absolute atomic E-state index is 0.00427. The number of halogens is 3. The summed E-state index contributed by atoms with van der Waals surface area (Å²) in [5.74, 6) is -0.947. The van der Waals surface area contributed by atoms with E-state index in [-0.39, 0.29) is 34.1 Å². The Morgan fingerprint density at radius 2 is 1.48 bits per heavy atom. The molecule has 0 saturated heterocycles. The number of para-hydroxylation sites is 1. The van der Waals surface area contributed by atoms with Gasteiger partial charge in [0.1, 0.15) is 12.6 Å². The summed E-state index contributed by atoms with van der Waals surface area (Å²) in [4.78, 5) is 28.9. The molecule has 1 fully saturated rings. The van der Waals surface area contributed by atoms with Gasteiger partial charge in [0.05, 0.1) is 15.6 Å². The first-order valence-electron chi connectivity index (χ1n) is 13.9. The smallest absolute Gasteiger partial charge is 0.264 e. The van der Waals surface area contributed by atoms with E-state index in [0.29, 0.717) is 15.6 Å². The van der Waals surface area contributed by atoms with E-state index in [1.807, 2.05) is 6.92 Å². The van der Waals surface area contributed by atoms with Crippen LogP contribution in [0.3, 0.4) is 0 Å². The Bertz CT molecular complexity index is 1510. The zero-order valence-corrected chi connectivity index (χ0v) is 26.6. The molecule has 0 spiro atoms. The van der Waals surface area contributed by atoms with E-state index in [0.717, 1.165) is 42.0 Å². The molecule has 4 rings (SSSR count). The van der Waals surface area contributed by atoms with Crippen LogP contribution in [0, 0.1) is 6.92 Å². The Morgan fingerprint density at radius 3 is 2.10 bits per heavy atom. The topological polar surface area (TPSA) is 86.8 Å². The fraction of sp³-hybridized carbons (Fsp3) is 0.355. The van der Waals surface area contributed by atoms with Crippen LogP contribution in [0.1, 0.15) is 50.2 Å². The summed E-state index contributed by atoms with van der Waals surface area (Å²) in [5.41, 5.74) is 1.48. The van der Waals surface area contributed by atoms with Crippen molar-refractivity contribution in [3.63, 3.8) is 0 Å². The Hall–Kier alpha value is -2.78. The van der Waals surface area contributed by atoms with Gasteiger partial charge in [0.15, 0.2) is 0 Å². The highest BCUT2D eigenvalue weighted by atomic mass is 35.5. The summed E-state index contributed by atoms with van der Waals surface area (Å²) >= 11 is 19.4. The molecule has 224 valence electrons. The number of hydrogen-bond acceptors (Lipinski definition) is 4. The summed E-state index contributed by atoms with van der Waals surface area (Å²) in [7, 11) is -4.23. The van der Waals surface area contributed by atoms with E-state index in [9.17, 15) is 18.0 Å². The van der Waals surface area contributed by atoms with Gasteiger partial charge in [-0.25, -0.2) is 8.42 Å². The molecule has 0 aromatic heterocycles. The quantitative estimate of drug-likeness (QED) is 0.256. The standard InChI is InChI=1S/C31H34Cl3N3O4S/c1-21-15-17-24(18-16-21)42(40,41)37(29-14-7-6-11-28(29)34)20-30(38)36(19-25-26(32)12-8-13-27(25)33)22(2)31(39)35-23-9-4-3-5-10-23/h6-8,11-18,22-23H,3-5,9-10,19-20H2,1-2H3,(H,35,39). The monoisotopic (exact) mass is 649 g/mol. The Labute approximate surface area is 262 Å². The van der Waals surface area contributed by atoms with Crippen molar-refractivity contribution in [2.75, 3.05) is 10.8 Å². The van der Waals surface area contributed by atoms with Crippen LogP contribution in [0.25, 0.3) is 0 Å². The van der Waals surface area contributed by atoms with Crippen molar-refractivity contribution in [1.82, 2.24) is 10.2 Å². The molecule has 2 amide bonds. The Morgan fingerprint density at radius 1 is 0.881 bits per heavy atom. The first kappa shape index (κ1) is 32.1. The highest BCUT2D eigenvalue weighted by molar-refractivity contribution is 7.92. The van der Waals surface area contributed by atoms with Crippen molar-refractivity contribution < 1.29 is 18.0 Å². The Balaban J connectivity index is 1.72. The van der Waals surface area contributed by atoms with Gasteiger partial charge < -0.3 is 10.2 Å². The molecule has 1 saturated carbocycles. The van der Waals surface area contributed by atoms with Gasteiger partial charge in [-0.3, -0.25) is 13.9 Å². The largest absolute Gasteiger partial charge is 0.352 e. The van der Waals surface area contributed by atoms with Crippen molar-refractivity contribution in [3.05, 3.63) is 92.9 Å². The first-order valence-corrected chi connectivity index (χ1v) is 16.4. The molecule has 42 heavy (non-hydrogen) atoms. The van der Waals surface area contributed by atoms with Gasteiger partial charge in [0, 0.05) is 28.2 Å². The molecular weight excluding hydrogens is 617 g/mol. The molecule has 3 aromatic rings. The average molecular weight is 651 g/mol. The number of carbonyl (C=O) groups excluding carboxylic acids is 2. The zero-order chi connectivity index (χ0) is 30.4. The van der Waals surface area contributed by atoms with Crippen molar-refractivity contribution in [3.8, 4) is 0 Å². The fourth-order valence-corrected chi connectivity index (χ4v) is 7.25. The van der Waals surface area contributed by atoms with E-state index >= 15 is 0 Å². The van der Waals surface area contributed by atoms with Crippen LogP contribution in [0.2, 0.25) is 15.1 Å². The van der Waals surface area contributed by atoms with Gasteiger partial charge in [0.25, 0.3) is 10.0 Å². The van der Waals surface area contributed by atoms with Crippen molar-refractivity contribution in [1.29, 1.82) is 0 Å². The zero-order valence-electron chi connectivity index (χ0n) is 23.5. The maximum atomic E-state index is 14.1. The average Bonchev–Trinajstić information content (AvgIpc) is 2.96. The minimum Gasteiger partial charge on any atom is -0.352 e. The van der Waals surface area contributed by atoms with Crippen LogP contribution in [-0.2, 0) is 26.2 Å². The molecule has 7 nitrogen and oxygen atoms in total. The maximum Gasteiger partial charge on any atom is 0.264 e. The number of nitrogens with zero attached hydrogens (tertiary/aromatic N) is 2. The number of rotatable bonds is 10. The van der Waals surface area contributed by atoms with Gasteiger partial charge in [-0.1, -0.05) is 90.0 Å². The lowest BCUT2D eigenvalue weighted by Crippen LogP contribution is -2.53. The molecule has 1 N–H and O–H groups in total. The van der Waals surface area contributed by atoms with E-state index < -0.39 is 28.5 Å². The van der Waals surface area contributed by atoms with Crippen molar-refractivity contribution >= 4 is 62.3 Å². The molecule has 11 heteroatoms. The third-order valence-electron chi connectivity index (χ3n) is 7.52. The molecule has 1 aliphatic carbocycles. The number of sulfonamides is 1. The van der Waals surface area contributed by atoms with Crippen molar-refractivity contribution in [2.24, 2.45) is 0 Å². The van der Waals surface area contributed by atoms with Gasteiger partial charge in [-0.2, -0.15) is 0 Å². The summed E-state index contributed by atoms with van der Waals surface area (Å²) in [6.07, 6.45) is 4.93. The summed E-state index contributed by atoms with van der Waals surface area (Å²) in [5, 5.41) is 3.89. The predicted molar refractivity (Wildman–Crippen MR) is 169 cm³/mol. The third kappa shape index (κ3) is 7.59.